The fourth-order valence-electron chi connectivity index (χ4n) is 2.31. The van der Waals surface area contributed by atoms with E-state index in [4.69, 9.17) is 4.74 Å². The lowest BCUT2D eigenvalue weighted by Crippen LogP contribution is -2.31. The maximum Gasteiger partial charge on any atom is 0.317 e. The molecule has 4 nitrogen and oxygen atoms in total. The van der Waals surface area contributed by atoms with Crippen LogP contribution in [0.25, 0.3) is 10.8 Å². The van der Waals surface area contributed by atoms with E-state index in [0.29, 0.717) is 13.2 Å². The quantitative estimate of drug-likeness (QED) is 0.911. The minimum absolute atomic E-state index is 0.00141. The van der Waals surface area contributed by atoms with Crippen molar-refractivity contribution in [3.05, 3.63) is 42.5 Å². The molecular formula is C15H16N2O2. The molecule has 0 unspecified atom stereocenters. The van der Waals surface area contributed by atoms with Crippen molar-refractivity contribution in [3.63, 3.8) is 0 Å². The molecule has 19 heavy (non-hydrogen) atoms. The van der Waals surface area contributed by atoms with E-state index in [-0.39, 0.29) is 6.03 Å². The molecule has 2 aromatic carbocycles. The molecule has 1 aliphatic rings. The summed E-state index contributed by atoms with van der Waals surface area (Å²) in [7, 11) is 0. The highest BCUT2D eigenvalue weighted by molar-refractivity contribution is 5.88. The Bertz CT molecular complexity index is 592. The predicted octanol–water partition coefficient (Wildman–Crippen LogP) is 2.24. The first kappa shape index (κ1) is 11.8. The molecular weight excluding hydrogens is 240 g/mol. The number of hydrogen-bond acceptors (Lipinski definition) is 2. The molecule has 1 saturated heterocycles. The molecule has 1 N–H and O–H groups in total. The average molecular weight is 256 g/mol. The minimum atomic E-state index is 0.00141. The molecule has 98 valence electrons. The normalized spacial score (nSPS) is 14.7. The van der Waals surface area contributed by atoms with Crippen LogP contribution in [-0.4, -0.2) is 37.2 Å². The number of nitrogens with zero attached hydrogens (tertiary/aromatic N) is 1. The summed E-state index contributed by atoms with van der Waals surface area (Å²) in [4.78, 5) is 13.2. The Kier molecular flexibility index (Phi) is 3.23. The number of nitrogens with one attached hydrogen (secondary N) is 1. The summed E-state index contributed by atoms with van der Waals surface area (Å²) < 4.78 is 5.81. The third-order valence-electron chi connectivity index (χ3n) is 3.31. The van der Waals surface area contributed by atoms with Crippen molar-refractivity contribution in [2.75, 3.05) is 26.2 Å². The lowest BCUT2D eigenvalue weighted by molar-refractivity contribution is 0.203. The van der Waals surface area contributed by atoms with Crippen LogP contribution in [-0.2, 0) is 0 Å². The molecule has 0 aliphatic carbocycles. The van der Waals surface area contributed by atoms with Crippen LogP contribution in [0.3, 0.4) is 0 Å². The van der Waals surface area contributed by atoms with Crippen LogP contribution in [0.1, 0.15) is 0 Å². The Balaban J connectivity index is 1.67. The molecule has 0 saturated carbocycles. The van der Waals surface area contributed by atoms with Crippen LogP contribution in [0.5, 0.6) is 5.75 Å². The van der Waals surface area contributed by atoms with E-state index in [0.717, 1.165) is 24.2 Å². The van der Waals surface area contributed by atoms with Crippen LogP contribution in [0.2, 0.25) is 0 Å². The zero-order chi connectivity index (χ0) is 13.1. The molecule has 1 fully saturated rings. The fourth-order valence-corrected chi connectivity index (χ4v) is 2.31. The zero-order valence-electron chi connectivity index (χ0n) is 10.6. The molecule has 3 rings (SSSR count). The molecule has 2 amide bonds. The fraction of sp³-hybridized carbons (Fsp3) is 0.267. The molecule has 0 radical (unpaired) electrons. The largest absolute Gasteiger partial charge is 0.491 e. The average Bonchev–Trinajstić information content (AvgIpc) is 2.85. The third kappa shape index (κ3) is 2.47. The second-order valence-corrected chi connectivity index (χ2v) is 4.54. The molecule has 1 heterocycles. The van der Waals surface area contributed by atoms with Crippen LogP contribution in [0.15, 0.2) is 42.5 Å². The predicted molar refractivity (Wildman–Crippen MR) is 74.4 cm³/mol. The standard InChI is InChI=1S/C15H16N2O2/c18-15-16-8-9-17(15)10-11-19-14-7-3-5-12-4-1-2-6-13(12)14/h1-7H,8-11H2,(H,16,18). The van der Waals surface area contributed by atoms with Gasteiger partial charge in [-0.15, -0.1) is 0 Å². The summed E-state index contributed by atoms with van der Waals surface area (Å²) in [5, 5.41) is 5.05. The maximum atomic E-state index is 11.4. The topological polar surface area (TPSA) is 41.6 Å². The van der Waals surface area contributed by atoms with Gasteiger partial charge in [-0.3, -0.25) is 0 Å². The Labute approximate surface area is 112 Å². The number of carbonyl (C=O) groups excluding carboxylic acids is 1. The summed E-state index contributed by atoms with van der Waals surface area (Å²) in [6, 6.07) is 14.2. The van der Waals surface area contributed by atoms with Crippen molar-refractivity contribution in [2.45, 2.75) is 0 Å². The highest BCUT2D eigenvalue weighted by Crippen LogP contribution is 2.24. The Morgan fingerprint density at radius 1 is 1.16 bits per heavy atom. The second kappa shape index (κ2) is 5.18. The van der Waals surface area contributed by atoms with E-state index in [1.807, 2.05) is 30.3 Å². The Morgan fingerprint density at radius 2 is 2.00 bits per heavy atom. The van der Waals surface area contributed by atoms with E-state index < -0.39 is 0 Å². The molecule has 1 aliphatic heterocycles. The summed E-state index contributed by atoms with van der Waals surface area (Å²) >= 11 is 0. The highest BCUT2D eigenvalue weighted by atomic mass is 16.5. The van der Waals surface area contributed by atoms with Crippen LogP contribution < -0.4 is 10.1 Å². The van der Waals surface area contributed by atoms with Crippen molar-refractivity contribution in [1.29, 1.82) is 0 Å². The highest BCUT2D eigenvalue weighted by Gasteiger charge is 2.18. The van der Waals surface area contributed by atoms with Crippen LogP contribution in [0.4, 0.5) is 4.79 Å². The Hall–Kier alpha value is -2.23. The van der Waals surface area contributed by atoms with Crippen molar-refractivity contribution < 1.29 is 9.53 Å². The number of carbonyl (C=O) groups is 1. The van der Waals surface area contributed by atoms with Crippen molar-refractivity contribution in [3.8, 4) is 5.75 Å². The summed E-state index contributed by atoms with van der Waals surface area (Å²) in [5.41, 5.74) is 0. The van der Waals surface area contributed by atoms with Gasteiger partial charge in [0.1, 0.15) is 12.4 Å². The number of ether oxygens (including phenoxy) is 1. The van der Waals surface area contributed by atoms with Gasteiger partial charge in [-0.25, -0.2) is 4.79 Å². The molecule has 2 aromatic rings. The first-order chi connectivity index (χ1) is 9.34. The number of fused-ring (bicyclic) bond motifs is 1. The number of amides is 2. The molecule has 0 spiro atoms. The monoisotopic (exact) mass is 256 g/mol. The van der Waals surface area contributed by atoms with Gasteiger partial charge in [0.25, 0.3) is 0 Å². The summed E-state index contributed by atoms with van der Waals surface area (Å²) in [5.74, 6) is 0.873. The van der Waals surface area contributed by atoms with E-state index in [2.05, 4.69) is 17.4 Å². The van der Waals surface area contributed by atoms with Crippen molar-refractivity contribution >= 4 is 16.8 Å². The molecule has 0 bridgehead atoms. The van der Waals surface area contributed by atoms with Gasteiger partial charge in [-0.1, -0.05) is 36.4 Å². The minimum Gasteiger partial charge on any atom is -0.491 e. The third-order valence-corrected chi connectivity index (χ3v) is 3.31. The van der Waals surface area contributed by atoms with Crippen LogP contribution in [0, 0.1) is 0 Å². The number of hydrogen-bond donors (Lipinski definition) is 1. The van der Waals surface area contributed by atoms with Gasteiger partial charge < -0.3 is 15.0 Å². The summed E-state index contributed by atoms with van der Waals surface area (Å²) in [6.45, 7) is 2.63. The van der Waals surface area contributed by atoms with E-state index in [1.165, 1.54) is 5.39 Å². The maximum absolute atomic E-state index is 11.4. The SMILES string of the molecule is O=C1NCCN1CCOc1cccc2ccccc12. The van der Waals surface area contributed by atoms with E-state index >= 15 is 0 Å². The van der Waals surface area contributed by atoms with Crippen LogP contribution >= 0.6 is 0 Å². The number of rotatable bonds is 4. The lowest BCUT2D eigenvalue weighted by Gasteiger charge is -2.15. The molecule has 4 heteroatoms. The first-order valence-corrected chi connectivity index (χ1v) is 6.48. The second-order valence-electron chi connectivity index (χ2n) is 4.54. The van der Waals surface area contributed by atoms with Gasteiger partial charge in [0.05, 0.1) is 6.54 Å². The van der Waals surface area contributed by atoms with Crippen molar-refractivity contribution in [1.82, 2.24) is 10.2 Å². The number of benzene rings is 2. The van der Waals surface area contributed by atoms with Gasteiger partial charge in [-0.05, 0) is 11.5 Å². The zero-order valence-corrected chi connectivity index (χ0v) is 10.6. The lowest BCUT2D eigenvalue weighted by atomic mass is 10.1. The summed E-state index contributed by atoms with van der Waals surface area (Å²) in [6.07, 6.45) is 0. The Morgan fingerprint density at radius 3 is 2.84 bits per heavy atom. The van der Waals surface area contributed by atoms with Gasteiger partial charge in [-0.2, -0.15) is 0 Å². The van der Waals surface area contributed by atoms with E-state index in [1.54, 1.807) is 4.90 Å². The van der Waals surface area contributed by atoms with Crippen molar-refractivity contribution in [2.24, 2.45) is 0 Å². The van der Waals surface area contributed by atoms with Gasteiger partial charge in [0.2, 0.25) is 0 Å². The van der Waals surface area contributed by atoms with E-state index in [9.17, 15) is 4.79 Å². The van der Waals surface area contributed by atoms with Gasteiger partial charge in [0.15, 0.2) is 0 Å². The first-order valence-electron chi connectivity index (χ1n) is 6.48. The molecule has 0 aromatic heterocycles. The van der Waals surface area contributed by atoms with Gasteiger partial charge in [0, 0.05) is 18.5 Å². The number of urea groups is 1. The van der Waals surface area contributed by atoms with Gasteiger partial charge >= 0.3 is 6.03 Å². The molecule has 0 atom stereocenters. The smallest absolute Gasteiger partial charge is 0.317 e.